The van der Waals surface area contributed by atoms with Gasteiger partial charge in [-0.1, -0.05) is 27.7 Å². The highest BCUT2D eigenvalue weighted by Gasteiger charge is 2.65. The van der Waals surface area contributed by atoms with Crippen molar-refractivity contribution in [2.75, 3.05) is 6.54 Å². The molecule has 31 heavy (non-hydrogen) atoms. The lowest BCUT2D eigenvalue weighted by atomic mass is 9.43. The monoisotopic (exact) mass is 427 g/mol. The topological polar surface area (TPSA) is 66.7 Å². The van der Waals surface area contributed by atoms with Crippen molar-refractivity contribution in [2.24, 2.45) is 57.2 Å². The molecule has 0 radical (unpaired) electrons. The van der Waals surface area contributed by atoms with Crippen LogP contribution in [0.25, 0.3) is 0 Å². The second-order valence-corrected chi connectivity index (χ2v) is 12.4. The minimum atomic E-state index is -0.278. The van der Waals surface area contributed by atoms with Gasteiger partial charge in [0.1, 0.15) is 5.78 Å². The van der Waals surface area contributed by atoms with E-state index >= 15 is 0 Å². The second-order valence-electron chi connectivity index (χ2n) is 12.4. The first-order valence-electron chi connectivity index (χ1n) is 12.9. The molecule has 0 aromatic carbocycles. The van der Waals surface area contributed by atoms with Gasteiger partial charge in [-0.25, -0.2) is 0 Å². The van der Waals surface area contributed by atoms with Crippen LogP contribution in [0.1, 0.15) is 85.5 Å². The summed E-state index contributed by atoms with van der Waals surface area (Å²) in [5, 5.41) is 10.2. The molecule has 4 saturated carbocycles. The summed E-state index contributed by atoms with van der Waals surface area (Å²) in [5.41, 5.74) is 1.19. The first kappa shape index (κ1) is 21.8. The molecule has 0 saturated heterocycles. The molecule has 0 bridgehead atoms. The van der Waals surface area contributed by atoms with E-state index in [1.165, 1.54) is 19.3 Å². The first-order chi connectivity index (χ1) is 14.7. The van der Waals surface area contributed by atoms with E-state index in [0.29, 0.717) is 54.6 Å². The summed E-state index contributed by atoms with van der Waals surface area (Å²) in [6.07, 6.45) is 8.41. The Labute approximate surface area is 187 Å². The molecule has 1 aliphatic heterocycles. The zero-order chi connectivity index (χ0) is 22.1. The average Bonchev–Trinajstić information content (AvgIpc) is 3.00. The summed E-state index contributed by atoms with van der Waals surface area (Å²) in [7, 11) is 0. The molecule has 0 aromatic rings. The van der Waals surface area contributed by atoms with E-state index in [2.05, 4.69) is 27.7 Å². The van der Waals surface area contributed by atoms with E-state index in [1.54, 1.807) is 0 Å². The molecule has 1 heterocycles. The fourth-order valence-electron chi connectivity index (χ4n) is 9.23. The van der Waals surface area contributed by atoms with E-state index in [-0.39, 0.29) is 34.6 Å². The lowest BCUT2D eigenvalue weighted by molar-refractivity contribution is -0.156. The van der Waals surface area contributed by atoms with Gasteiger partial charge in [-0.05, 0) is 85.4 Å². The van der Waals surface area contributed by atoms with E-state index in [4.69, 9.17) is 4.99 Å². The van der Waals surface area contributed by atoms with Crippen molar-refractivity contribution in [1.29, 1.82) is 0 Å². The second kappa shape index (κ2) is 7.50. The van der Waals surface area contributed by atoms with Crippen LogP contribution in [0, 0.1) is 52.3 Å². The molecule has 0 spiro atoms. The first-order valence-corrected chi connectivity index (χ1v) is 12.9. The predicted molar refractivity (Wildman–Crippen MR) is 122 cm³/mol. The van der Waals surface area contributed by atoms with Crippen LogP contribution in [-0.2, 0) is 9.59 Å². The Morgan fingerprint density at radius 1 is 1.00 bits per heavy atom. The van der Waals surface area contributed by atoms with Gasteiger partial charge in [-0.3, -0.25) is 14.6 Å². The van der Waals surface area contributed by atoms with Crippen molar-refractivity contribution in [3.8, 4) is 0 Å². The zero-order valence-corrected chi connectivity index (χ0v) is 19.9. The van der Waals surface area contributed by atoms with Crippen molar-refractivity contribution < 1.29 is 14.7 Å². The Hall–Kier alpha value is -1.03. The lowest BCUT2D eigenvalue weighted by Gasteiger charge is -2.61. The number of hydrogen-bond acceptors (Lipinski definition) is 4. The standard InChI is InChI=1S/C27H41NO3/c1-15-11-24(31)25(28-14-15)16(2)21-8-10-27(4)22-13-23(30)20-12-17(29)5-6-18(20)19(22)7-9-26(21,27)3/h15-22,29H,5-14H2,1-4H3. The molecule has 4 fully saturated rings. The summed E-state index contributed by atoms with van der Waals surface area (Å²) < 4.78 is 0. The van der Waals surface area contributed by atoms with Gasteiger partial charge in [0.25, 0.3) is 0 Å². The number of hydrogen-bond donors (Lipinski definition) is 1. The molecule has 10 unspecified atom stereocenters. The van der Waals surface area contributed by atoms with Gasteiger partial charge in [-0.15, -0.1) is 0 Å². The van der Waals surface area contributed by atoms with Crippen LogP contribution < -0.4 is 0 Å². The van der Waals surface area contributed by atoms with Gasteiger partial charge < -0.3 is 5.11 Å². The quantitative estimate of drug-likeness (QED) is 0.683. The minimum absolute atomic E-state index is 0.102. The molecule has 10 atom stereocenters. The van der Waals surface area contributed by atoms with Crippen LogP contribution in [0.15, 0.2) is 4.99 Å². The zero-order valence-electron chi connectivity index (χ0n) is 19.9. The third kappa shape index (κ3) is 3.14. The molecule has 4 aliphatic carbocycles. The van der Waals surface area contributed by atoms with Crippen LogP contribution in [0.4, 0.5) is 0 Å². The Kier molecular flexibility index (Phi) is 5.27. The Morgan fingerprint density at radius 2 is 1.74 bits per heavy atom. The number of rotatable bonds is 2. The molecule has 0 amide bonds. The molecule has 5 rings (SSSR count). The maximum Gasteiger partial charge on any atom is 0.177 e. The van der Waals surface area contributed by atoms with Crippen molar-refractivity contribution in [2.45, 2.75) is 91.6 Å². The van der Waals surface area contributed by atoms with Crippen LogP contribution in [0.3, 0.4) is 0 Å². The maximum atomic E-state index is 13.2. The SMILES string of the molecule is CC1CN=C(C(C)C2CCC3(C)C4CC(=O)C5CC(O)CCC5C4CCC23C)C(=O)C1. The highest BCUT2D eigenvalue weighted by molar-refractivity contribution is 6.41. The van der Waals surface area contributed by atoms with Crippen molar-refractivity contribution in [3.63, 3.8) is 0 Å². The van der Waals surface area contributed by atoms with Gasteiger partial charge in [0, 0.05) is 31.2 Å². The third-order valence-electron chi connectivity index (χ3n) is 11.1. The minimum Gasteiger partial charge on any atom is -0.393 e. The smallest absolute Gasteiger partial charge is 0.177 e. The Balaban J connectivity index is 1.42. The molecular weight excluding hydrogens is 386 g/mol. The molecule has 4 nitrogen and oxygen atoms in total. The number of carbonyl (C=O) groups is 2. The predicted octanol–water partition coefficient (Wildman–Crippen LogP) is 4.87. The molecule has 172 valence electrons. The summed E-state index contributed by atoms with van der Waals surface area (Å²) in [6, 6.07) is 0. The normalized spacial score (nSPS) is 50.9. The van der Waals surface area contributed by atoms with E-state index in [0.717, 1.165) is 31.5 Å². The Bertz CT molecular complexity index is 804. The fraction of sp³-hybridized carbons (Fsp3) is 0.889. The molecule has 1 N–H and O–H groups in total. The number of fused-ring (bicyclic) bond motifs is 5. The number of ketones is 2. The van der Waals surface area contributed by atoms with Crippen LogP contribution >= 0.6 is 0 Å². The highest BCUT2D eigenvalue weighted by Crippen LogP contribution is 2.71. The molecular formula is C27H41NO3. The van der Waals surface area contributed by atoms with Gasteiger partial charge in [0.15, 0.2) is 5.78 Å². The van der Waals surface area contributed by atoms with E-state index in [9.17, 15) is 14.7 Å². The van der Waals surface area contributed by atoms with Crippen LogP contribution in [0.5, 0.6) is 0 Å². The number of aliphatic hydroxyl groups excluding tert-OH is 1. The molecule has 5 aliphatic rings. The van der Waals surface area contributed by atoms with Gasteiger partial charge >= 0.3 is 0 Å². The lowest BCUT2D eigenvalue weighted by Crippen LogP contribution is -2.57. The van der Waals surface area contributed by atoms with Gasteiger partial charge in [-0.2, -0.15) is 0 Å². The Morgan fingerprint density at radius 3 is 2.48 bits per heavy atom. The highest BCUT2D eigenvalue weighted by atomic mass is 16.3. The van der Waals surface area contributed by atoms with Crippen LogP contribution in [-0.4, -0.2) is 35.0 Å². The van der Waals surface area contributed by atoms with Crippen molar-refractivity contribution in [3.05, 3.63) is 0 Å². The summed E-state index contributed by atoms with van der Waals surface area (Å²) in [6.45, 7) is 10.1. The van der Waals surface area contributed by atoms with Crippen LogP contribution in [0.2, 0.25) is 0 Å². The number of Topliss-reactive ketones (excluding diaryl/α,β-unsaturated/α-hetero) is 2. The van der Waals surface area contributed by atoms with Crippen molar-refractivity contribution >= 4 is 17.3 Å². The number of nitrogens with zero attached hydrogens (tertiary/aromatic N) is 1. The number of aliphatic hydroxyl groups is 1. The summed E-state index contributed by atoms with van der Waals surface area (Å²) >= 11 is 0. The van der Waals surface area contributed by atoms with Crippen molar-refractivity contribution in [1.82, 2.24) is 0 Å². The molecule has 4 heteroatoms. The maximum absolute atomic E-state index is 13.2. The average molecular weight is 428 g/mol. The molecule has 0 aromatic heterocycles. The number of aliphatic imine (C=N–C) groups is 1. The summed E-state index contributed by atoms with van der Waals surface area (Å²) in [4.78, 5) is 30.8. The van der Waals surface area contributed by atoms with E-state index < -0.39 is 0 Å². The van der Waals surface area contributed by atoms with Gasteiger partial charge in [0.05, 0.1) is 11.8 Å². The van der Waals surface area contributed by atoms with E-state index in [1.807, 2.05) is 0 Å². The summed E-state index contributed by atoms with van der Waals surface area (Å²) in [5.74, 6) is 3.47. The van der Waals surface area contributed by atoms with Gasteiger partial charge in [0.2, 0.25) is 0 Å². The third-order valence-corrected chi connectivity index (χ3v) is 11.1. The fourth-order valence-corrected chi connectivity index (χ4v) is 9.23. The number of carbonyl (C=O) groups excluding carboxylic acids is 2. The largest absolute Gasteiger partial charge is 0.393 e.